The summed E-state index contributed by atoms with van der Waals surface area (Å²) in [6.07, 6.45) is -0.0594. The molecule has 1 aromatic rings. The highest BCUT2D eigenvalue weighted by Crippen LogP contribution is 2.13. The lowest BCUT2D eigenvalue weighted by molar-refractivity contribution is -0.137. The Morgan fingerprint density at radius 2 is 2.27 bits per heavy atom. The Kier molecular flexibility index (Phi) is 3.85. The monoisotopic (exact) mass is 227 g/mol. The van der Waals surface area contributed by atoms with Crippen LogP contribution in [-0.2, 0) is 4.79 Å². The molecule has 1 amide bonds. The Bertz CT molecular complexity index is 372. The van der Waals surface area contributed by atoms with Gasteiger partial charge in [0.2, 0.25) is 0 Å². The van der Waals surface area contributed by atoms with Gasteiger partial charge in [-0.25, -0.2) is 0 Å². The summed E-state index contributed by atoms with van der Waals surface area (Å²) >= 11 is 1.36. The molecule has 82 valence electrons. The van der Waals surface area contributed by atoms with Crippen molar-refractivity contribution in [2.24, 2.45) is 0 Å². The smallest absolute Gasteiger partial charge is 0.305 e. The molecular weight excluding hydrogens is 214 g/mol. The van der Waals surface area contributed by atoms with E-state index in [1.165, 1.54) is 11.3 Å². The lowest BCUT2D eigenvalue weighted by atomic mass is 10.2. The highest BCUT2D eigenvalue weighted by atomic mass is 32.1. The third-order valence-corrected chi connectivity index (χ3v) is 2.86. The minimum atomic E-state index is -0.912. The molecule has 0 aliphatic carbocycles. The van der Waals surface area contributed by atoms with E-state index in [0.29, 0.717) is 4.88 Å². The number of carboxylic acid groups (broad SMARTS) is 1. The number of hydrogen-bond acceptors (Lipinski definition) is 3. The topological polar surface area (TPSA) is 66.4 Å². The summed E-state index contributed by atoms with van der Waals surface area (Å²) < 4.78 is 0. The molecule has 5 heteroatoms. The molecule has 0 saturated heterocycles. The Morgan fingerprint density at radius 1 is 1.60 bits per heavy atom. The molecule has 1 unspecified atom stereocenters. The van der Waals surface area contributed by atoms with E-state index in [9.17, 15) is 9.59 Å². The third kappa shape index (κ3) is 3.71. The van der Waals surface area contributed by atoms with Gasteiger partial charge in [0.15, 0.2) is 0 Å². The zero-order valence-corrected chi connectivity index (χ0v) is 9.43. The SMILES string of the molecule is Cc1csc(C(=O)NC(C)CC(=O)O)c1. The largest absolute Gasteiger partial charge is 0.481 e. The van der Waals surface area contributed by atoms with Crippen LogP contribution in [-0.4, -0.2) is 23.0 Å². The molecular formula is C10H13NO3S. The lowest BCUT2D eigenvalue weighted by Crippen LogP contribution is -2.33. The van der Waals surface area contributed by atoms with Gasteiger partial charge in [0.25, 0.3) is 5.91 Å². The van der Waals surface area contributed by atoms with Crippen LogP contribution in [0.25, 0.3) is 0 Å². The zero-order chi connectivity index (χ0) is 11.4. The van der Waals surface area contributed by atoms with E-state index in [1.54, 1.807) is 13.0 Å². The first-order valence-corrected chi connectivity index (χ1v) is 5.45. The molecule has 0 saturated carbocycles. The van der Waals surface area contributed by atoms with Crippen LogP contribution in [0.3, 0.4) is 0 Å². The molecule has 0 aliphatic heterocycles. The summed E-state index contributed by atoms with van der Waals surface area (Å²) in [5.74, 6) is -1.12. The Morgan fingerprint density at radius 3 is 2.73 bits per heavy atom. The maximum Gasteiger partial charge on any atom is 0.305 e. The maximum absolute atomic E-state index is 11.6. The summed E-state index contributed by atoms with van der Waals surface area (Å²) in [7, 11) is 0. The van der Waals surface area contributed by atoms with Gasteiger partial charge < -0.3 is 10.4 Å². The van der Waals surface area contributed by atoms with Crippen LogP contribution in [0.5, 0.6) is 0 Å². The van der Waals surface area contributed by atoms with Crippen molar-refractivity contribution in [3.63, 3.8) is 0 Å². The van der Waals surface area contributed by atoms with Crippen molar-refractivity contribution < 1.29 is 14.7 Å². The zero-order valence-electron chi connectivity index (χ0n) is 8.61. The quantitative estimate of drug-likeness (QED) is 0.822. The van der Waals surface area contributed by atoms with Gasteiger partial charge in [-0.1, -0.05) is 0 Å². The molecule has 1 rings (SSSR count). The summed E-state index contributed by atoms with van der Waals surface area (Å²) in [5, 5.41) is 13.0. The number of rotatable bonds is 4. The molecule has 0 spiro atoms. The van der Waals surface area contributed by atoms with Crippen molar-refractivity contribution in [1.82, 2.24) is 5.32 Å². The summed E-state index contributed by atoms with van der Waals surface area (Å²) in [6, 6.07) is 1.44. The molecule has 0 radical (unpaired) electrons. The number of nitrogens with one attached hydrogen (secondary N) is 1. The molecule has 1 atom stereocenters. The van der Waals surface area contributed by atoms with Crippen molar-refractivity contribution in [3.05, 3.63) is 21.9 Å². The number of thiophene rings is 1. The molecule has 0 fully saturated rings. The van der Waals surface area contributed by atoms with Crippen LogP contribution in [0.2, 0.25) is 0 Å². The summed E-state index contributed by atoms with van der Waals surface area (Å²) in [5.41, 5.74) is 1.04. The van der Waals surface area contributed by atoms with Gasteiger partial charge in [-0.05, 0) is 30.9 Å². The number of amides is 1. The van der Waals surface area contributed by atoms with E-state index in [1.807, 2.05) is 12.3 Å². The number of carbonyl (C=O) groups excluding carboxylic acids is 1. The molecule has 4 nitrogen and oxygen atoms in total. The first-order chi connectivity index (χ1) is 6.99. The minimum absolute atomic E-state index is 0.0594. The van der Waals surface area contributed by atoms with E-state index in [-0.39, 0.29) is 18.4 Å². The van der Waals surface area contributed by atoms with Crippen molar-refractivity contribution >= 4 is 23.2 Å². The highest BCUT2D eigenvalue weighted by molar-refractivity contribution is 7.12. The van der Waals surface area contributed by atoms with E-state index < -0.39 is 5.97 Å². The second-order valence-electron chi connectivity index (χ2n) is 3.46. The standard InChI is InChI=1S/C10H13NO3S/c1-6-3-8(15-5-6)10(14)11-7(2)4-9(12)13/h3,5,7H,4H2,1-2H3,(H,11,14)(H,12,13). The Balaban J connectivity index is 2.52. The molecule has 0 bridgehead atoms. The molecule has 0 aromatic carbocycles. The van der Waals surface area contributed by atoms with Crippen LogP contribution in [0.1, 0.15) is 28.6 Å². The van der Waals surface area contributed by atoms with Gasteiger partial charge in [0.1, 0.15) is 0 Å². The Labute approximate surface area is 91.9 Å². The molecule has 15 heavy (non-hydrogen) atoms. The highest BCUT2D eigenvalue weighted by Gasteiger charge is 2.13. The van der Waals surface area contributed by atoms with E-state index in [4.69, 9.17) is 5.11 Å². The second-order valence-corrected chi connectivity index (χ2v) is 4.37. The van der Waals surface area contributed by atoms with Crippen LogP contribution in [0.4, 0.5) is 0 Å². The Hall–Kier alpha value is -1.36. The van der Waals surface area contributed by atoms with E-state index in [0.717, 1.165) is 5.56 Å². The lowest BCUT2D eigenvalue weighted by Gasteiger charge is -2.09. The predicted octanol–water partition coefficient (Wildman–Crippen LogP) is 1.65. The third-order valence-electron chi connectivity index (χ3n) is 1.81. The van der Waals surface area contributed by atoms with Gasteiger partial charge in [-0.3, -0.25) is 9.59 Å². The van der Waals surface area contributed by atoms with Crippen LogP contribution in [0, 0.1) is 6.92 Å². The fourth-order valence-electron chi connectivity index (χ4n) is 1.16. The van der Waals surface area contributed by atoms with Crippen LogP contribution < -0.4 is 5.32 Å². The number of hydrogen-bond donors (Lipinski definition) is 2. The van der Waals surface area contributed by atoms with E-state index >= 15 is 0 Å². The molecule has 2 N–H and O–H groups in total. The molecule has 1 heterocycles. The number of aryl methyl sites for hydroxylation is 1. The average molecular weight is 227 g/mol. The maximum atomic E-state index is 11.6. The van der Waals surface area contributed by atoms with Gasteiger partial charge in [-0.15, -0.1) is 11.3 Å². The van der Waals surface area contributed by atoms with Crippen molar-refractivity contribution in [2.45, 2.75) is 26.3 Å². The fraction of sp³-hybridized carbons (Fsp3) is 0.400. The van der Waals surface area contributed by atoms with Crippen molar-refractivity contribution in [2.75, 3.05) is 0 Å². The van der Waals surface area contributed by atoms with Gasteiger partial charge in [0.05, 0.1) is 11.3 Å². The van der Waals surface area contributed by atoms with Crippen LogP contribution >= 0.6 is 11.3 Å². The molecule has 1 aromatic heterocycles. The predicted molar refractivity (Wildman–Crippen MR) is 58.2 cm³/mol. The van der Waals surface area contributed by atoms with E-state index in [2.05, 4.69) is 5.32 Å². The first kappa shape index (κ1) is 11.7. The van der Waals surface area contributed by atoms with Gasteiger partial charge in [0, 0.05) is 6.04 Å². The van der Waals surface area contributed by atoms with Crippen molar-refractivity contribution in [1.29, 1.82) is 0 Å². The minimum Gasteiger partial charge on any atom is -0.481 e. The fourth-order valence-corrected chi connectivity index (χ4v) is 1.96. The number of carboxylic acids is 1. The van der Waals surface area contributed by atoms with Gasteiger partial charge >= 0.3 is 5.97 Å². The number of carbonyl (C=O) groups is 2. The average Bonchev–Trinajstić information content (AvgIpc) is 2.49. The summed E-state index contributed by atoms with van der Waals surface area (Å²) in [4.78, 5) is 22.6. The normalized spacial score (nSPS) is 12.1. The first-order valence-electron chi connectivity index (χ1n) is 4.57. The number of aliphatic carboxylic acids is 1. The molecule has 0 aliphatic rings. The van der Waals surface area contributed by atoms with Crippen molar-refractivity contribution in [3.8, 4) is 0 Å². The summed E-state index contributed by atoms with van der Waals surface area (Å²) in [6.45, 7) is 3.58. The van der Waals surface area contributed by atoms with Gasteiger partial charge in [-0.2, -0.15) is 0 Å². The van der Waals surface area contributed by atoms with Crippen LogP contribution in [0.15, 0.2) is 11.4 Å². The second kappa shape index (κ2) is 4.93.